The average molecular weight is 328 g/mol. The van der Waals surface area contributed by atoms with Crippen LogP contribution < -0.4 is 10.7 Å². The maximum Gasteiger partial charge on any atom is 0.0828 e. The van der Waals surface area contributed by atoms with Gasteiger partial charge in [-0.1, -0.05) is 35.9 Å². The fourth-order valence-corrected chi connectivity index (χ4v) is 3.17. The van der Waals surface area contributed by atoms with Crippen molar-refractivity contribution in [3.05, 3.63) is 64.2 Å². The van der Waals surface area contributed by atoms with E-state index in [4.69, 9.17) is 22.4 Å². The standard InChI is InChI=1S/C19H22ClN3/c1-13-4-3-5-18(14(13)2)23-19(12-17(22-23)10-11-21)15-6-8-16(20)9-7-15/h3-9,19H,10-12,21H2,1-2H3. The van der Waals surface area contributed by atoms with Crippen LogP contribution in [0.4, 0.5) is 5.69 Å². The van der Waals surface area contributed by atoms with Gasteiger partial charge in [0, 0.05) is 17.2 Å². The molecule has 1 unspecified atom stereocenters. The SMILES string of the molecule is Cc1cccc(N2N=C(CCN)CC2c2ccc(Cl)cc2)c1C. The van der Waals surface area contributed by atoms with Gasteiger partial charge in [0.2, 0.25) is 0 Å². The molecule has 4 heteroatoms. The molecule has 2 N–H and O–H groups in total. The Morgan fingerprint density at radius 3 is 2.61 bits per heavy atom. The van der Waals surface area contributed by atoms with Crippen molar-refractivity contribution in [1.82, 2.24) is 0 Å². The summed E-state index contributed by atoms with van der Waals surface area (Å²) in [6.07, 6.45) is 1.75. The van der Waals surface area contributed by atoms with Crippen molar-refractivity contribution < 1.29 is 0 Å². The van der Waals surface area contributed by atoms with Crippen molar-refractivity contribution in [3.8, 4) is 0 Å². The molecule has 120 valence electrons. The molecule has 3 nitrogen and oxygen atoms in total. The Hall–Kier alpha value is -1.84. The summed E-state index contributed by atoms with van der Waals surface area (Å²) in [5.74, 6) is 0. The average Bonchev–Trinajstić information content (AvgIpc) is 2.95. The first-order valence-electron chi connectivity index (χ1n) is 7.97. The van der Waals surface area contributed by atoms with Crippen molar-refractivity contribution in [1.29, 1.82) is 0 Å². The van der Waals surface area contributed by atoms with Crippen LogP contribution in [0.5, 0.6) is 0 Å². The van der Waals surface area contributed by atoms with Crippen LogP contribution in [0.15, 0.2) is 47.6 Å². The lowest BCUT2D eigenvalue weighted by Crippen LogP contribution is -2.19. The third-order valence-corrected chi connectivity index (χ3v) is 4.74. The molecule has 0 amide bonds. The molecule has 1 heterocycles. The van der Waals surface area contributed by atoms with E-state index in [2.05, 4.69) is 49.2 Å². The third-order valence-electron chi connectivity index (χ3n) is 4.48. The molecule has 0 fully saturated rings. The number of hydrogen-bond donors (Lipinski definition) is 1. The van der Waals surface area contributed by atoms with Crippen LogP contribution in [0, 0.1) is 13.8 Å². The first-order valence-corrected chi connectivity index (χ1v) is 8.35. The van der Waals surface area contributed by atoms with E-state index >= 15 is 0 Å². The second-order valence-corrected chi connectivity index (χ2v) is 6.48. The highest BCUT2D eigenvalue weighted by atomic mass is 35.5. The van der Waals surface area contributed by atoms with E-state index in [0.29, 0.717) is 6.54 Å². The van der Waals surface area contributed by atoms with E-state index in [1.54, 1.807) is 0 Å². The van der Waals surface area contributed by atoms with Crippen LogP contribution >= 0.6 is 11.6 Å². The summed E-state index contributed by atoms with van der Waals surface area (Å²) in [5.41, 5.74) is 11.8. The first kappa shape index (κ1) is 16.0. The Morgan fingerprint density at radius 1 is 1.17 bits per heavy atom. The van der Waals surface area contributed by atoms with Crippen LogP contribution in [0.25, 0.3) is 0 Å². The molecule has 2 aromatic rings. The van der Waals surface area contributed by atoms with E-state index in [-0.39, 0.29) is 6.04 Å². The molecule has 0 aromatic heterocycles. The first-order chi connectivity index (χ1) is 11.1. The molecule has 3 rings (SSSR count). The molecule has 0 saturated heterocycles. The number of hydrogen-bond acceptors (Lipinski definition) is 3. The van der Waals surface area contributed by atoms with Gasteiger partial charge in [-0.3, -0.25) is 5.01 Å². The van der Waals surface area contributed by atoms with Crippen molar-refractivity contribution in [2.45, 2.75) is 32.7 Å². The molecule has 0 saturated carbocycles. The number of benzene rings is 2. The number of halogens is 1. The lowest BCUT2D eigenvalue weighted by atomic mass is 9.99. The molecule has 0 bridgehead atoms. The number of nitrogens with zero attached hydrogens (tertiary/aromatic N) is 2. The zero-order valence-corrected chi connectivity index (χ0v) is 14.3. The molecule has 1 atom stereocenters. The van der Waals surface area contributed by atoms with Crippen LogP contribution in [0.3, 0.4) is 0 Å². The quantitative estimate of drug-likeness (QED) is 0.890. The molecule has 0 aliphatic carbocycles. The summed E-state index contributed by atoms with van der Waals surface area (Å²) in [6.45, 7) is 4.92. The summed E-state index contributed by atoms with van der Waals surface area (Å²) in [6, 6.07) is 14.6. The van der Waals surface area contributed by atoms with Crippen molar-refractivity contribution in [2.75, 3.05) is 11.6 Å². The molecule has 1 aliphatic heterocycles. The van der Waals surface area contributed by atoms with Gasteiger partial charge in [0.1, 0.15) is 0 Å². The van der Waals surface area contributed by atoms with Gasteiger partial charge in [-0.15, -0.1) is 0 Å². The molecule has 0 radical (unpaired) electrons. The topological polar surface area (TPSA) is 41.6 Å². The van der Waals surface area contributed by atoms with Gasteiger partial charge in [0.15, 0.2) is 0 Å². The van der Waals surface area contributed by atoms with Crippen LogP contribution in [0.2, 0.25) is 5.02 Å². The van der Waals surface area contributed by atoms with Gasteiger partial charge in [-0.25, -0.2) is 0 Å². The van der Waals surface area contributed by atoms with Crippen molar-refractivity contribution >= 4 is 23.0 Å². The van der Waals surface area contributed by atoms with E-state index in [1.165, 1.54) is 16.7 Å². The van der Waals surface area contributed by atoms with Gasteiger partial charge in [0.25, 0.3) is 0 Å². The van der Waals surface area contributed by atoms with E-state index in [9.17, 15) is 0 Å². The van der Waals surface area contributed by atoms with E-state index in [1.807, 2.05) is 12.1 Å². The number of rotatable bonds is 4. The molecule has 23 heavy (non-hydrogen) atoms. The monoisotopic (exact) mass is 327 g/mol. The smallest absolute Gasteiger partial charge is 0.0828 e. The molecule has 0 spiro atoms. The van der Waals surface area contributed by atoms with Crippen molar-refractivity contribution in [2.24, 2.45) is 10.8 Å². The second-order valence-electron chi connectivity index (χ2n) is 6.04. The minimum atomic E-state index is 0.203. The van der Waals surface area contributed by atoms with Crippen LogP contribution in [-0.4, -0.2) is 12.3 Å². The van der Waals surface area contributed by atoms with Crippen LogP contribution in [0.1, 0.15) is 35.6 Å². The van der Waals surface area contributed by atoms with Gasteiger partial charge >= 0.3 is 0 Å². The second kappa shape index (κ2) is 6.73. The summed E-state index contributed by atoms with van der Waals surface area (Å²) in [7, 11) is 0. The van der Waals surface area contributed by atoms with Gasteiger partial charge in [-0.05, 0) is 61.7 Å². The minimum Gasteiger partial charge on any atom is -0.330 e. The van der Waals surface area contributed by atoms with E-state index in [0.717, 1.165) is 29.3 Å². The Kier molecular flexibility index (Phi) is 4.69. The minimum absolute atomic E-state index is 0.203. The lowest BCUT2D eigenvalue weighted by Gasteiger charge is -2.26. The highest BCUT2D eigenvalue weighted by molar-refractivity contribution is 6.30. The largest absolute Gasteiger partial charge is 0.330 e. The highest BCUT2D eigenvalue weighted by Crippen LogP contribution is 2.38. The predicted octanol–water partition coefficient (Wildman–Crippen LogP) is 4.61. The number of anilines is 1. The number of hydrazone groups is 1. The Labute approximate surface area is 142 Å². The predicted molar refractivity (Wildman–Crippen MR) is 98.3 cm³/mol. The summed E-state index contributed by atoms with van der Waals surface area (Å²) in [4.78, 5) is 0. The Bertz CT molecular complexity index is 722. The molecule has 2 aromatic carbocycles. The van der Waals surface area contributed by atoms with Crippen LogP contribution in [-0.2, 0) is 0 Å². The summed E-state index contributed by atoms with van der Waals surface area (Å²) < 4.78 is 0. The maximum atomic E-state index is 6.04. The van der Waals surface area contributed by atoms with Crippen molar-refractivity contribution in [3.63, 3.8) is 0 Å². The Balaban J connectivity index is 2.01. The summed E-state index contributed by atoms with van der Waals surface area (Å²) >= 11 is 6.04. The lowest BCUT2D eigenvalue weighted by molar-refractivity contribution is 0.705. The summed E-state index contributed by atoms with van der Waals surface area (Å²) in [5, 5.41) is 7.77. The molecule has 1 aliphatic rings. The molecular formula is C19H22ClN3. The van der Waals surface area contributed by atoms with Gasteiger partial charge < -0.3 is 5.73 Å². The van der Waals surface area contributed by atoms with E-state index < -0.39 is 0 Å². The zero-order chi connectivity index (χ0) is 16.4. The Morgan fingerprint density at radius 2 is 1.91 bits per heavy atom. The number of nitrogens with two attached hydrogens (primary N) is 1. The van der Waals surface area contributed by atoms with Gasteiger partial charge in [0.05, 0.1) is 11.7 Å². The van der Waals surface area contributed by atoms with Gasteiger partial charge in [-0.2, -0.15) is 5.10 Å². The maximum absolute atomic E-state index is 6.04. The molecular weight excluding hydrogens is 306 g/mol. The number of aryl methyl sites for hydroxylation is 1. The normalized spacial score (nSPS) is 17.5. The fraction of sp³-hybridized carbons (Fsp3) is 0.316. The fourth-order valence-electron chi connectivity index (χ4n) is 3.04. The highest BCUT2D eigenvalue weighted by Gasteiger charge is 2.29. The third kappa shape index (κ3) is 3.26. The zero-order valence-electron chi connectivity index (χ0n) is 13.6.